The number of rotatable bonds is 8. The molecule has 0 aliphatic carbocycles. The lowest BCUT2D eigenvalue weighted by Crippen LogP contribution is -2.06. The van der Waals surface area contributed by atoms with Gasteiger partial charge in [-0.05, 0) is 52.7 Å². The number of carbonyl (C=O) groups is 1. The lowest BCUT2D eigenvalue weighted by atomic mass is 10.0. The third kappa shape index (κ3) is 5.03. The van der Waals surface area contributed by atoms with E-state index in [4.69, 9.17) is 4.74 Å². The lowest BCUT2D eigenvalue weighted by Gasteiger charge is -2.10. The fraction of sp³-hybridized carbons (Fsp3) is 0.130. The summed E-state index contributed by atoms with van der Waals surface area (Å²) in [4.78, 5) is 12.7. The molecule has 31 heavy (non-hydrogen) atoms. The molecule has 3 aromatic carbocycles. The van der Waals surface area contributed by atoms with Gasteiger partial charge in [0, 0.05) is 10.0 Å². The Balaban J connectivity index is 1.45. The first-order valence-electron chi connectivity index (χ1n) is 9.68. The van der Waals surface area contributed by atoms with E-state index in [2.05, 4.69) is 31.5 Å². The molecule has 0 unspecified atom stereocenters. The minimum Gasteiger partial charge on any atom is -0.492 e. The van der Waals surface area contributed by atoms with Gasteiger partial charge in [0.05, 0.1) is 12.4 Å². The van der Waals surface area contributed by atoms with Gasteiger partial charge in [-0.2, -0.15) is 4.68 Å². The Bertz CT molecular complexity index is 1180. The summed E-state index contributed by atoms with van der Waals surface area (Å²) in [5.74, 6) is 0.934. The largest absolute Gasteiger partial charge is 0.492 e. The normalized spacial score (nSPS) is 10.8. The van der Waals surface area contributed by atoms with Gasteiger partial charge in [-0.3, -0.25) is 4.79 Å². The molecule has 1 heterocycles. The van der Waals surface area contributed by atoms with Crippen LogP contribution < -0.4 is 4.74 Å². The maximum Gasteiger partial charge on any atom is 0.214 e. The van der Waals surface area contributed by atoms with Crippen LogP contribution in [0, 0.1) is 0 Å². The molecular formula is C23H19BrN4O2S. The van der Waals surface area contributed by atoms with E-state index in [0.29, 0.717) is 23.1 Å². The molecule has 0 amide bonds. The summed E-state index contributed by atoms with van der Waals surface area (Å²) in [6.07, 6.45) is 0. The Labute approximate surface area is 192 Å². The van der Waals surface area contributed by atoms with Gasteiger partial charge in [-0.25, -0.2) is 0 Å². The van der Waals surface area contributed by atoms with Crippen molar-refractivity contribution < 1.29 is 9.53 Å². The third-order valence-corrected chi connectivity index (χ3v) is 6.00. The summed E-state index contributed by atoms with van der Waals surface area (Å²) in [5, 5.41) is 12.5. The quantitative estimate of drug-likeness (QED) is 0.239. The van der Waals surface area contributed by atoms with Crippen LogP contribution in [0.25, 0.3) is 16.8 Å². The second-order valence-electron chi connectivity index (χ2n) is 6.57. The second-order valence-corrected chi connectivity index (χ2v) is 8.43. The molecule has 0 atom stereocenters. The zero-order valence-corrected chi connectivity index (χ0v) is 19.1. The standard InChI is InChI=1S/C23H19BrN4O2S/c1-2-30-22-6-4-3-5-20(22)28-23(25-26-27-28)31-15-21(29)18-9-7-16(8-10-18)17-11-13-19(24)14-12-17/h3-14H,2,15H2,1H3. The Morgan fingerprint density at radius 1 is 1.00 bits per heavy atom. The van der Waals surface area contributed by atoms with Gasteiger partial charge in [-0.1, -0.05) is 76.2 Å². The minimum absolute atomic E-state index is 0.0139. The van der Waals surface area contributed by atoms with Crippen LogP contribution in [-0.4, -0.2) is 38.4 Å². The predicted octanol–water partition coefficient (Wildman–Crippen LogP) is 5.47. The molecule has 0 N–H and O–H groups in total. The molecule has 4 rings (SSSR count). The van der Waals surface area contributed by atoms with Crippen LogP contribution in [-0.2, 0) is 0 Å². The molecule has 4 aromatic rings. The highest BCUT2D eigenvalue weighted by Gasteiger charge is 2.15. The predicted molar refractivity (Wildman–Crippen MR) is 125 cm³/mol. The van der Waals surface area contributed by atoms with Crippen molar-refractivity contribution in [3.8, 4) is 22.6 Å². The van der Waals surface area contributed by atoms with E-state index >= 15 is 0 Å². The smallest absolute Gasteiger partial charge is 0.214 e. The van der Waals surface area contributed by atoms with Gasteiger partial charge in [0.25, 0.3) is 0 Å². The van der Waals surface area contributed by atoms with Crippen molar-refractivity contribution in [1.82, 2.24) is 20.2 Å². The zero-order valence-electron chi connectivity index (χ0n) is 16.7. The van der Waals surface area contributed by atoms with Crippen molar-refractivity contribution >= 4 is 33.5 Å². The summed E-state index contributed by atoms with van der Waals surface area (Å²) < 4.78 is 8.30. The number of halogens is 1. The molecular weight excluding hydrogens is 476 g/mol. The number of ether oxygens (including phenoxy) is 1. The molecule has 6 nitrogen and oxygen atoms in total. The highest BCUT2D eigenvalue weighted by molar-refractivity contribution is 9.10. The van der Waals surface area contributed by atoms with E-state index in [9.17, 15) is 4.79 Å². The molecule has 0 radical (unpaired) electrons. The Hall–Kier alpha value is -2.97. The number of ketones is 1. The van der Waals surface area contributed by atoms with Crippen LogP contribution in [0.4, 0.5) is 0 Å². The molecule has 0 bridgehead atoms. The molecule has 1 aromatic heterocycles. The van der Waals surface area contributed by atoms with E-state index in [1.165, 1.54) is 11.8 Å². The summed E-state index contributed by atoms with van der Waals surface area (Å²) in [7, 11) is 0. The first-order chi connectivity index (χ1) is 15.2. The summed E-state index contributed by atoms with van der Waals surface area (Å²) >= 11 is 4.74. The van der Waals surface area contributed by atoms with E-state index in [0.717, 1.165) is 21.3 Å². The average molecular weight is 495 g/mol. The minimum atomic E-state index is 0.0139. The lowest BCUT2D eigenvalue weighted by molar-refractivity contribution is 0.102. The van der Waals surface area contributed by atoms with Gasteiger partial charge in [-0.15, -0.1) is 5.10 Å². The summed E-state index contributed by atoms with van der Waals surface area (Å²) in [6.45, 7) is 2.46. The maximum absolute atomic E-state index is 12.7. The van der Waals surface area contributed by atoms with Gasteiger partial charge in [0.2, 0.25) is 5.16 Å². The fourth-order valence-electron chi connectivity index (χ4n) is 3.03. The molecule has 0 aliphatic heterocycles. The van der Waals surface area contributed by atoms with Gasteiger partial charge >= 0.3 is 0 Å². The fourth-order valence-corrected chi connectivity index (χ4v) is 4.08. The van der Waals surface area contributed by atoms with Crippen LogP contribution in [0.5, 0.6) is 5.75 Å². The number of tetrazole rings is 1. The van der Waals surface area contributed by atoms with E-state index in [1.54, 1.807) is 4.68 Å². The second kappa shape index (κ2) is 9.89. The van der Waals surface area contributed by atoms with Gasteiger partial charge in [0.15, 0.2) is 5.78 Å². The van der Waals surface area contributed by atoms with Crippen molar-refractivity contribution in [1.29, 1.82) is 0 Å². The van der Waals surface area contributed by atoms with Crippen LogP contribution >= 0.6 is 27.7 Å². The van der Waals surface area contributed by atoms with Crippen molar-refractivity contribution in [2.24, 2.45) is 0 Å². The molecule has 0 saturated heterocycles. The van der Waals surface area contributed by atoms with Crippen LogP contribution in [0.3, 0.4) is 0 Å². The zero-order chi connectivity index (χ0) is 21.6. The number of thioether (sulfide) groups is 1. The van der Waals surface area contributed by atoms with Gasteiger partial charge < -0.3 is 4.74 Å². The average Bonchev–Trinajstić information content (AvgIpc) is 3.27. The van der Waals surface area contributed by atoms with Crippen molar-refractivity contribution in [3.63, 3.8) is 0 Å². The number of hydrogen-bond acceptors (Lipinski definition) is 6. The topological polar surface area (TPSA) is 69.9 Å². The summed E-state index contributed by atoms with van der Waals surface area (Å²) in [6, 6.07) is 23.2. The Morgan fingerprint density at radius 3 is 2.39 bits per heavy atom. The highest BCUT2D eigenvalue weighted by atomic mass is 79.9. The number of hydrogen-bond donors (Lipinski definition) is 0. The van der Waals surface area contributed by atoms with Gasteiger partial charge in [0.1, 0.15) is 11.4 Å². The van der Waals surface area contributed by atoms with E-state index < -0.39 is 0 Å². The van der Waals surface area contributed by atoms with E-state index in [1.807, 2.05) is 79.7 Å². The monoisotopic (exact) mass is 494 g/mol. The number of nitrogens with zero attached hydrogens (tertiary/aromatic N) is 4. The third-order valence-electron chi connectivity index (χ3n) is 4.55. The van der Waals surface area contributed by atoms with Crippen LogP contribution in [0.15, 0.2) is 82.4 Å². The van der Waals surface area contributed by atoms with Crippen LogP contribution in [0.1, 0.15) is 17.3 Å². The number of carbonyl (C=O) groups excluding carboxylic acids is 1. The molecule has 0 fully saturated rings. The molecule has 0 spiro atoms. The SMILES string of the molecule is CCOc1ccccc1-n1nnnc1SCC(=O)c1ccc(-c2ccc(Br)cc2)cc1. The molecule has 0 aliphatic rings. The number of aromatic nitrogens is 4. The first-order valence-corrected chi connectivity index (χ1v) is 11.5. The van der Waals surface area contributed by atoms with Crippen molar-refractivity contribution in [3.05, 3.63) is 82.8 Å². The highest BCUT2D eigenvalue weighted by Crippen LogP contribution is 2.27. The van der Waals surface area contributed by atoms with E-state index in [-0.39, 0.29) is 11.5 Å². The van der Waals surface area contributed by atoms with Crippen molar-refractivity contribution in [2.45, 2.75) is 12.1 Å². The molecule has 156 valence electrons. The Kier molecular flexibility index (Phi) is 6.79. The number of Topliss-reactive ketones (excluding diaryl/α,β-unsaturated/α-hetero) is 1. The summed E-state index contributed by atoms with van der Waals surface area (Å²) in [5.41, 5.74) is 3.56. The molecule has 8 heteroatoms. The number of benzene rings is 3. The van der Waals surface area contributed by atoms with Crippen LogP contribution in [0.2, 0.25) is 0 Å². The molecule has 0 saturated carbocycles. The van der Waals surface area contributed by atoms with Crippen molar-refractivity contribution in [2.75, 3.05) is 12.4 Å². The first kappa shape index (κ1) is 21.3. The Morgan fingerprint density at radius 2 is 1.68 bits per heavy atom. The maximum atomic E-state index is 12.7. The number of para-hydroxylation sites is 2.